The van der Waals surface area contributed by atoms with Crippen LogP contribution in [0.2, 0.25) is 0 Å². The summed E-state index contributed by atoms with van der Waals surface area (Å²) in [6.45, 7) is 4.02. The van der Waals surface area contributed by atoms with Crippen LogP contribution in [0.1, 0.15) is 24.0 Å². The van der Waals surface area contributed by atoms with Crippen LogP contribution in [-0.4, -0.2) is 12.2 Å². The molecule has 0 saturated carbocycles. The number of anilines is 1. The molecule has 80 valence electrons. The highest BCUT2D eigenvalue weighted by atomic mass is 16.1. The number of aryl methyl sites for hydroxylation is 2. The van der Waals surface area contributed by atoms with Crippen molar-refractivity contribution in [2.45, 2.75) is 26.7 Å². The fraction of sp³-hybridized carbons (Fsp3) is 0.333. The molecular weight excluding hydrogens is 190 g/mol. The van der Waals surface area contributed by atoms with E-state index < -0.39 is 0 Å². The van der Waals surface area contributed by atoms with Gasteiger partial charge in [0.05, 0.1) is 0 Å². The summed E-state index contributed by atoms with van der Waals surface area (Å²) in [6.07, 6.45) is 1.27. The highest BCUT2D eigenvalue weighted by Gasteiger charge is 2.02. The molecule has 0 spiro atoms. The summed E-state index contributed by atoms with van der Waals surface area (Å²) in [7, 11) is 0. The average molecular weight is 205 g/mol. The van der Waals surface area contributed by atoms with E-state index in [4.69, 9.17) is 0 Å². The maximum absolute atomic E-state index is 11.3. The molecule has 0 saturated heterocycles. The lowest BCUT2D eigenvalue weighted by Crippen LogP contribution is -2.11. The number of hydrogen-bond acceptors (Lipinski definition) is 2. The zero-order valence-corrected chi connectivity index (χ0v) is 9.04. The Morgan fingerprint density at radius 1 is 1.33 bits per heavy atom. The first-order chi connectivity index (χ1) is 7.13. The molecule has 3 heteroatoms. The molecule has 1 aromatic carbocycles. The van der Waals surface area contributed by atoms with Crippen molar-refractivity contribution in [3.05, 3.63) is 29.3 Å². The van der Waals surface area contributed by atoms with Crippen LogP contribution < -0.4 is 5.32 Å². The van der Waals surface area contributed by atoms with Gasteiger partial charge in [-0.05, 0) is 37.1 Å². The monoisotopic (exact) mass is 205 g/mol. The summed E-state index contributed by atoms with van der Waals surface area (Å²) < 4.78 is 0. The number of hydrogen-bond donors (Lipinski definition) is 1. The molecule has 0 radical (unpaired) electrons. The van der Waals surface area contributed by atoms with Gasteiger partial charge in [0.25, 0.3) is 0 Å². The number of nitrogens with one attached hydrogen (secondary N) is 1. The molecule has 1 aromatic rings. The van der Waals surface area contributed by atoms with E-state index in [1.165, 1.54) is 5.56 Å². The van der Waals surface area contributed by atoms with Crippen molar-refractivity contribution < 1.29 is 9.59 Å². The molecule has 1 rings (SSSR count). The third-order valence-electron chi connectivity index (χ3n) is 2.28. The highest BCUT2D eigenvalue weighted by Crippen LogP contribution is 2.14. The van der Waals surface area contributed by atoms with Crippen LogP contribution in [0.5, 0.6) is 0 Å². The average Bonchev–Trinajstić information content (AvgIpc) is 2.20. The summed E-state index contributed by atoms with van der Waals surface area (Å²) in [5, 5.41) is 2.75. The zero-order valence-electron chi connectivity index (χ0n) is 9.04. The summed E-state index contributed by atoms with van der Waals surface area (Å²) in [4.78, 5) is 21.4. The third kappa shape index (κ3) is 3.54. The van der Waals surface area contributed by atoms with Gasteiger partial charge >= 0.3 is 0 Å². The van der Waals surface area contributed by atoms with Gasteiger partial charge in [-0.25, -0.2) is 0 Å². The molecule has 0 heterocycles. The van der Waals surface area contributed by atoms with Gasteiger partial charge in [0, 0.05) is 18.5 Å². The Labute approximate surface area is 89.5 Å². The van der Waals surface area contributed by atoms with E-state index in [1.807, 2.05) is 32.0 Å². The van der Waals surface area contributed by atoms with Crippen LogP contribution in [0, 0.1) is 13.8 Å². The van der Waals surface area contributed by atoms with Gasteiger partial charge in [0.15, 0.2) is 0 Å². The number of rotatable bonds is 4. The van der Waals surface area contributed by atoms with Crippen LogP contribution in [0.3, 0.4) is 0 Å². The maximum atomic E-state index is 11.3. The van der Waals surface area contributed by atoms with Gasteiger partial charge in [-0.15, -0.1) is 0 Å². The second-order valence-corrected chi connectivity index (χ2v) is 3.55. The minimum atomic E-state index is -0.120. The molecule has 0 bridgehead atoms. The molecular formula is C12H15NO2. The Morgan fingerprint density at radius 3 is 2.67 bits per heavy atom. The maximum Gasteiger partial charge on any atom is 0.224 e. The van der Waals surface area contributed by atoms with Crippen LogP contribution in [0.4, 0.5) is 5.69 Å². The van der Waals surface area contributed by atoms with E-state index in [9.17, 15) is 9.59 Å². The van der Waals surface area contributed by atoms with E-state index >= 15 is 0 Å². The molecule has 15 heavy (non-hydrogen) atoms. The Kier molecular flexibility index (Phi) is 4.03. The van der Waals surface area contributed by atoms with Crippen molar-refractivity contribution in [1.82, 2.24) is 0 Å². The van der Waals surface area contributed by atoms with Gasteiger partial charge in [-0.2, -0.15) is 0 Å². The Morgan fingerprint density at radius 2 is 2.07 bits per heavy atom. The van der Waals surface area contributed by atoms with E-state index in [0.29, 0.717) is 0 Å². The van der Waals surface area contributed by atoms with Crippen molar-refractivity contribution in [2.24, 2.45) is 0 Å². The summed E-state index contributed by atoms with van der Waals surface area (Å²) >= 11 is 0. The molecule has 1 amide bonds. The van der Waals surface area contributed by atoms with Crippen molar-refractivity contribution >= 4 is 17.9 Å². The summed E-state index contributed by atoms with van der Waals surface area (Å²) in [5.41, 5.74) is 3.12. The smallest absolute Gasteiger partial charge is 0.224 e. The van der Waals surface area contributed by atoms with E-state index in [0.717, 1.165) is 17.5 Å². The van der Waals surface area contributed by atoms with Gasteiger partial charge in [-0.3, -0.25) is 4.79 Å². The van der Waals surface area contributed by atoms with Crippen molar-refractivity contribution in [3.8, 4) is 0 Å². The van der Waals surface area contributed by atoms with Gasteiger partial charge in [-0.1, -0.05) is 6.07 Å². The third-order valence-corrected chi connectivity index (χ3v) is 2.28. The SMILES string of the molecule is Cc1ccc(NC(=O)CCC=O)cc1C. The number of amides is 1. The first-order valence-electron chi connectivity index (χ1n) is 4.94. The first kappa shape index (κ1) is 11.4. The van der Waals surface area contributed by atoms with Crippen LogP contribution in [0.25, 0.3) is 0 Å². The first-order valence-corrected chi connectivity index (χ1v) is 4.94. The second kappa shape index (κ2) is 5.29. The van der Waals surface area contributed by atoms with E-state index in [1.54, 1.807) is 0 Å². The van der Waals surface area contributed by atoms with Crippen molar-refractivity contribution in [3.63, 3.8) is 0 Å². The van der Waals surface area contributed by atoms with Gasteiger partial charge in [0.1, 0.15) is 6.29 Å². The highest BCUT2D eigenvalue weighted by molar-refractivity contribution is 5.91. The summed E-state index contributed by atoms with van der Waals surface area (Å²) in [5.74, 6) is -0.120. The van der Waals surface area contributed by atoms with E-state index in [-0.39, 0.29) is 18.7 Å². The van der Waals surface area contributed by atoms with Crippen molar-refractivity contribution in [2.75, 3.05) is 5.32 Å². The predicted molar refractivity (Wildman–Crippen MR) is 59.8 cm³/mol. The summed E-state index contributed by atoms with van der Waals surface area (Å²) in [6, 6.07) is 5.75. The second-order valence-electron chi connectivity index (χ2n) is 3.55. The Bertz CT molecular complexity index is 372. The molecule has 3 nitrogen and oxygen atoms in total. The van der Waals surface area contributed by atoms with Crippen LogP contribution in [0.15, 0.2) is 18.2 Å². The molecule has 0 aromatic heterocycles. The van der Waals surface area contributed by atoms with Crippen molar-refractivity contribution in [1.29, 1.82) is 0 Å². The van der Waals surface area contributed by atoms with Crippen LogP contribution >= 0.6 is 0 Å². The standard InChI is InChI=1S/C12H15NO2/c1-9-5-6-11(8-10(9)2)13-12(15)4-3-7-14/h5-8H,3-4H2,1-2H3,(H,13,15). The number of carbonyl (C=O) groups is 2. The Hall–Kier alpha value is -1.64. The fourth-order valence-corrected chi connectivity index (χ4v) is 1.23. The minimum absolute atomic E-state index is 0.120. The molecule has 0 unspecified atom stereocenters. The predicted octanol–water partition coefficient (Wildman–Crippen LogP) is 2.22. The number of benzene rings is 1. The van der Waals surface area contributed by atoms with Gasteiger partial charge < -0.3 is 10.1 Å². The molecule has 0 fully saturated rings. The number of aldehydes is 1. The minimum Gasteiger partial charge on any atom is -0.326 e. The molecule has 0 aliphatic carbocycles. The quantitative estimate of drug-likeness (QED) is 0.766. The zero-order chi connectivity index (χ0) is 11.3. The normalized spacial score (nSPS) is 9.73. The lowest BCUT2D eigenvalue weighted by Gasteiger charge is -2.06. The fourth-order valence-electron chi connectivity index (χ4n) is 1.23. The lowest BCUT2D eigenvalue weighted by atomic mass is 10.1. The molecule has 0 aliphatic rings. The Balaban J connectivity index is 2.60. The van der Waals surface area contributed by atoms with Gasteiger partial charge in [0.2, 0.25) is 5.91 Å². The molecule has 0 atom stereocenters. The lowest BCUT2D eigenvalue weighted by molar-refractivity contribution is -0.118. The van der Waals surface area contributed by atoms with Crippen LogP contribution in [-0.2, 0) is 9.59 Å². The number of carbonyl (C=O) groups excluding carboxylic acids is 2. The molecule has 0 aliphatic heterocycles. The molecule has 1 N–H and O–H groups in total. The van der Waals surface area contributed by atoms with E-state index in [2.05, 4.69) is 5.32 Å². The topological polar surface area (TPSA) is 46.2 Å². The largest absolute Gasteiger partial charge is 0.326 e.